The lowest BCUT2D eigenvalue weighted by atomic mass is 9.83. The molecule has 2 aromatic carbocycles. The lowest BCUT2D eigenvalue weighted by Crippen LogP contribution is -2.21. The average Bonchev–Trinajstić information content (AvgIpc) is 3.03. The zero-order valence-corrected chi connectivity index (χ0v) is 15.4. The Balaban J connectivity index is 1.52. The van der Waals surface area contributed by atoms with E-state index in [-0.39, 0.29) is 5.69 Å². The van der Waals surface area contributed by atoms with Gasteiger partial charge in [0.2, 0.25) is 0 Å². The second-order valence-corrected chi connectivity index (χ2v) is 6.98. The number of amides is 2. The summed E-state index contributed by atoms with van der Waals surface area (Å²) in [4.78, 5) is 12.4. The van der Waals surface area contributed by atoms with Gasteiger partial charge in [-0.25, -0.2) is 9.48 Å². The third-order valence-electron chi connectivity index (χ3n) is 4.96. The number of halogens is 3. The fraction of sp³-hybridized carbons (Fsp3) is 0.238. The van der Waals surface area contributed by atoms with Crippen LogP contribution in [0.15, 0.2) is 60.7 Å². The van der Waals surface area contributed by atoms with Crippen molar-refractivity contribution in [1.82, 2.24) is 9.78 Å². The standard InChI is InChI=1S/C21H19F3N4O/c22-21(23,24)15-9-11-16(12-10-15)25-20(29)26-19-13-18(14-5-4-6-14)27-28(19)17-7-2-1-3-8-17/h1-3,7-14H,4-6H2,(H2,25,26,29). The van der Waals surface area contributed by atoms with E-state index in [4.69, 9.17) is 0 Å². The van der Waals surface area contributed by atoms with Crippen LogP contribution in [0.3, 0.4) is 0 Å². The molecule has 1 aliphatic carbocycles. The maximum absolute atomic E-state index is 12.7. The normalized spacial score (nSPS) is 14.3. The van der Waals surface area contributed by atoms with Crippen LogP contribution in [0, 0.1) is 0 Å². The molecule has 8 heteroatoms. The zero-order valence-electron chi connectivity index (χ0n) is 15.4. The number of benzene rings is 2. The first-order valence-electron chi connectivity index (χ1n) is 9.31. The summed E-state index contributed by atoms with van der Waals surface area (Å²) in [6.07, 6.45) is -1.10. The summed E-state index contributed by atoms with van der Waals surface area (Å²) in [5, 5.41) is 9.96. The second-order valence-electron chi connectivity index (χ2n) is 6.98. The molecule has 2 amide bonds. The van der Waals surface area contributed by atoms with E-state index < -0.39 is 17.8 Å². The maximum Gasteiger partial charge on any atom is 0.416 e. The Labute approximate surface area is 165 Å². The number of aromatic nitrogens is 2. The van der Waals surface area contributed by atoms with Gasteiger partial charge in [0.1, 0.15) is 5.82 Å². The molecule has 0 atom stereocenters. The Hall–Kier alpha value is -3.29. The number of carbonyl (C=O) groups excluding carboxylic acids is 1. The van der Waals surface area contributed by atoms with Crippen molar-refractivity contribution in [2.45, 2.75) is 31.4 Å². The number of alkyl halides is 3. The maximum atomic E-state index is 12.7. The van der Waals surface area contributed by atoms with Crippen molar-refractivity contribution in [2.24, 2.45) is 0 Å². The fourth-order valence-corrected chi connectivity index (χ4v) is 3.18. The van der Waals surface area contributed by atoms with Gasteiger partial charge in [0, 0.05) is 17.7 Å². The zero-order chi connectivity index (χ0) is 20.4. The predicted octanol–water partition coefficient (Wildman–Crippen LogP) is 5.80. The Morgan fingerprint density at radius 3 is 2.28 bits per heavy atom. The summed E-state index contributed by atoms with van der Waals surface area (Å²) >= 11 is 0. The molecule has 1 saturated carbocycles. The minimum absolute atomic E-state index is 0.264. The van der Waals surface area contributed by atoms with Crippen LogP contribution in [0.5, 0.6) is 0 Å². The molecular weight excluding hydrogens is 381 g/mol. The SMILES string of the molecule is O=C(Nc1ccc(C(F)(F)F)cc1)Nc1cc(C2CCC2)nn1-c1ccccc1. The van der Waals surface area contributed by atoms with Crippen molar-refractivity contribution in [3.05, 3.63) is 71.9 Å². The van der Waals surface area contributed by atoms with Gasteiger partial charge >= 0.3 is 12.2 Å². The van der Waals surface area contributed by atoms with Crippen LogP contribution in [0.25, 0.3) is 5.69 Å². The Kier molecular flexibility index (Phi) is 5.00. The van der Waals surface area contributed by atoms with Gasteiger partial charge < -0.3 is 5.32 Å². The van der Waals surface area contributed by atoms with Crippen molar-refractivity contribution in [2.75, 3.05) is 10.6 Å². The Morgan fingerprint density at radius 1 is 1.00 bits per heavy atom. The molecule has 0 spiro atoms. The first-order valence-corrected chi connectivity index (χ1v) is 9.31. The predicted molar refractivity (Wildman–Crippen MR) is 104 cm³/mol. The van der Waals surface area contributed by atoms with Gasteiger partial charge in [-0.15, -0.1) is 0 Å². The number of hydrogen-bond donors (Lipinski definition) is 2. The van der Waals surface area contributed by atoms with Crippen molar-refractivity contribution in [1.29, 1.82) is 0 Å². The van der Waals surface area contributed by atoms with Gasteiger partial charge in [-0.05, 0) is 49.2 Å². The largest absolute Gasteiger partial charge is 0.416 e. The number of hydrogen-bond acceptors (Lipinski definition) is 2. The minimum atomic E-state index is -4.42. The summed E-state index contributed by atoms with van der Waals surface area (Å²) in [7, 11) is 0. The molecule has 29 heavy (non-hydrogen) atoms. The summed E-state index contributed by atoms with van der Waals surface area (Å²) in [6, 6.07) is 15.0. The van der Waals surface area contributed by atoms with E-state index in [0.29, 0.717) is 11.7 Å². The van der Waals surface area contributed by atoms with Crippen LogP contribution in [-0.2, 0) is 6.18 Å². The monoisotopic (exact) mass is 400 g/mol. The highest BCUT2D eigenvalue weighted by Gasteiger charge is 2.30. The first-order chi connectivity index (χ1) is 13.9. The van der Waals surface area contributed by atoms with Crippen LogP contribution < -0.4 is 10.6 Å². The van der Waals surface area contributed by atoms with Crippen LogP contribution in [0.2, 0.25) is 0 Å². The van der Waals surface area contributed by atoms with Gasteiger partial charge in [-0.2, -0.15) is 18.3 Å². The summed E-state index contributed by atoms with van der Waals surface area (Å²) in [6.45, 7) is 0. The van der Waals surface area contributed by atoms with Crippen LogP contribution >= 0.6 is 0 Å². The van der Waals surface area contributed by atoms with Gasteiger partial charge in [0.05, 0.1) is 16.9 Å². The molecular formula is C21H19F3N4O. The molecule has 1 aliphatic rings. The number of carbonyl (C=O) groups is 1. The number of para-hydroxylation sites is 1. The van der Waals surface area contributed by atoms with E-state index in [1.807, 2.05) is 36.4 Å². The molecule has 1 fully saturated rings. The first kappa shape index (κ1) is 19.0. The quantitative estimate of drug-likeness (QED) is 0.581. The number of nitrogens with zero attached hydrogens (tertiary/aromatic N) is 2. The lowest BCUT2D eigenvalue weighted by Gasteiger charge is -2.22. The fourth-order valence-electron chi connectivity index (χ4n) is 3.18. The number of anilines is 2. The van der Waals surface area contributed by atoms with Crippen molar-refractivity contribution in [3.63, 3.8) is 0 Å². The summed E-state index contributed by atoms with van der Waals surface area (Å²) < 4.78 is 39.7. The van der Waals surface area contributed by atoms with Gasteiger partial charge in [0.15, 0.2) is 0 Å². The molecule has 4 rings (SSSR count). The van der Waals surface area contributed by atoms with Gasteiger partial charge in [-0.1, -0.05) is 24.6 Å². The van der Waals surface area contributed by atoms with Crippen LogP contribution in [0.4, 0.5) is 29.5 Å². The molecule has 0 aliphatic heterocycles. The van der Waals surface area contributed by atoms with Crippen LogP contribution in [0.1, 0.15) is 36.4 Å². The number of urea groups is 1. The minimum Gasteiger partial charge on any atom is -0.308 e. The third-order valence-corrected chi connectivity index (χ3v) is 4.96. The molecule has 0 unspecified atom stereocenters. The number of rotatable bonds is 4. The third kappa shape index (κ3) is 4.26. The van der Waals surface area contributed by atoms with E-state index in [0.717, 1.165) is 36.4 Å². The highest BCUT2D eigenvalue weighted by atomic mass is 19.4. The average molecular weight is 400 g/mol. The Bertz CT molecular complexity index is 993. The summed E-state index contributed by atoms with van der Waals surface area (Å²) in [5.74, 6) is 0.890. The molecule has 2 N–H and O–H groups in total. The molecule has 5 nitrogen and oxygen atoms in total. The second kappa shape index (κ2) is 7.62. The van der Waals surface area contributed by atoms with E-state index in [1.54, 1.807) is 4.68 Å². The van der Waals surface area contributed by atoms with Crippen molar-refractivity contribution in [3.8, 4) is 5.69 Å². The number of nitrogens with one attached hydrogen (secondary N) is 2. The van der Waals surface area contributed by atoms with E-state index in [9.17, 15) is 18.0 Å². The molecule has 1 heterocycles. The summed E-state index contributed by atoms with van der Waals surface area (Å²) in [5.41, 5.74) is 1.23. The topological polar surface area (TPSA) is 59.0 Å². The Morgan fingerprint density at radius 2 is 1.69 bits per heavy atom. The molecule has 150 valence electrons. The van der Waals surface area contributed by atoms with Gasteiger partial charge in [0.25, 0.3) is 0 Å². The highest BCUT2D eigenvalue weighted by molar-refractivity contribution is 5.99. The van der Waals surface area contributed by atoms with E-state index in [1.165, 1.54) is 18.6 Å². The van der Waals surface area contributed by atoms with Crippen LogP contribution in [-0.4, -0.2) is 15.8 Å². The molecule has 0 saturated heterocycles. The smallest absolute Gasteiger partial charge is 0.308 e. The van der Waals surface area contributed by atoms with E-state index in [2.05, 4.69) is 15.7 Å². The molecule has 0 radical (unpaired) electrons. The lowest BCUT2D eigenvalue weighted by molar-refractivity contribution is -0.137. The molecule has 0 bridgehead atoms. The molecule has 1 aromatic heterocycles. The molecule has 3 aromatic rings. The van der Waals surface area contributed by atoms with E-state index >= 15 is 0 Å². The van der Waals surface area contributed by atoms with Crippen molar-refractivity contribution >= 4 is 17.5 Å². The highest BCUT2D eigenvalue weighted by Crippen LogP contribution is 2.37. The van der Waals surface area contributed by atoms with Crippen molar-refractivity contribution < 1.29 is 18.0 Å². The van der Waals surface area contributed by atoms with Gasteiger partial charge in [-0.3, -0.25) is 5.32 Å².